The second-order valence-corrected chi connectivity index (χ2v) is 5.84. The van der Waals surface area contributed by atoms with Crippen molar-refractivity contribution < 1.29 is 9.53 Å². The highest BCUT2D eigenvalue weighted by atomic mass is 16.5. The van der Waals surface area contributed by atoms with Crippen LogP contribution >= 0.6 is 0 Å². The molecule has 0 heterocycles. The maximum Gasteiger partial charge on any atom is 0.223 e. The quantitative estimate of drug-likeness (QED) is 0.820. The molecule has 3 heteroatoms. The molecule has 0 radical (unpaired) electrons. The van der Waals surface area contributed by atoms with Crippen LogP contribution in [-0.4, -0.2) is 25.0 Å². The Labute approximate surface area is 110 Å². The van der Waals surface area contributed by atoms with E-state index < -0.39 is 0 Å². The molecule has 0 aliphatic heterocycles. The number of amides is 1. The third-order valence-electron chi connectivity index (χ3n) is 2.69. The van der Waals surface area contributed by atoms with E-state index in [-0.39, 0.29) is 11.3 Å². The summed E-state index contributed by atoms with van der Waals surface area (Å²) in [6, 6.07) is 7.80. The SMILES string of the molecule is COc1ccc(CN(C)C(=O)CC(C)(C)C)cc1. The van der Waals surface area contributed by atoms with Crippen molar-refractivity contribution in [2.24, 2.45) is 5.41 Å². The summed E-state index contributed by atoms with van der Waals surface area (Å²) in [5, 5.41) is 0. The Morgan fingerprint density at radius 1 is 1.22 bits per heavy atom. The summed E-state index contributed by atoms with van der Waals surface area (Å²) in [4.78, 5) is 13.8. The lowest BCUT2D eigenvalue weighted by Gasteiger charge is -2.23. The standard InChI is InChI=1S/C15H23NO2/c1-15(2,3)10-14(17)16(4)11-12-6-8-13(18-5)9-7-12/h6-9H,10-11H2,1-5H3. The van der Waals surface area contributed by atoms with E-state index in [1.54, 1.807) is 12.0 Å². The lowest BCUT2D eigenvalue weighted by Crippen LogP contribution is -2.29. The molecule has 0 atom stereocenters. The fourth-order valence-electron chi connectivity index (χ4n) is 1.68. The van der Waals surface area contributed by atoms with E-state index in [9.17, 15) is 4.79 Å². The zero-order valence-electron chi connectivity index (χ0n) is 12.0. The van der Waals surface area contributed by atoms with Gasteiger partial charge in [-0.1, -0.05) is 32.9 Å². The molecule has 0 aliphatic carbocycles. The molecule has 1 amide bonds. The first-order valence-corrected chi connectivity index (χ1v) is 6.19. The molecule has 0 saturated heterocycles. The predicted octanol–water partition coefficient (Wildman–Crippen LogP) is 3.09. The minimum Gasteiger partial charge on any atom is -0.497 e. The Morgan fingerprint density at radius 2 is 1.78 bits per heavy atom. The van der Waals surface area contributed by atoms with Gasteiger partial charge in [0.05, 0.1) is 7.11 Å². The van der Waals surface area contributed by atoms with Gasteiger partial charge < -0.3 is 9.64 Å². The second-order valence-electron chi connectivity index (χ2n) is 5.84. The third-order valence-corrected chi connectivity index (χ3v) is 2.69. The fourth-order valence-corrected chi connectivity index (χ4v) is 1.68. The molecule has 0 bridgehead atoms. The van der Waals surface area contributed by atoms with E-state index in [1.165, 1.54) is 0 Å². The first kappa shape index (κ1) is 14.6. The lowest BCUT2D eigenvalue weighted by atomic mass is 9.91. The van der Waals surface area contributed by atoms with E-state index in [2.05, 4.69) is 20.8 Å². The van der Waals surface area contributed by atoms with Gasteiger partial charge in [0.2, 0.25) is 5.91 Å². The molecular formula is C15H23NO2. The summed E-state index contributed by atoms with van der Waals surface area (Å²) in [5.41, 5.74) is 1.14. The highest BCUT2D eigenvalue weighted by molar-refractivity contribution is 5.76. The molecule has 0 aliphatic rings. The monoisotopic (exact) mass is 249 g/mol. The fraction of sp³-hybridized carbons (Fsp3) is 0.533. The van der Waals surface area contributed by atoms with Crippen molar-refractivity contribution in [3.8, 4) is 5.75 Å². The molecule has 0 spiro atoms. The van der Waals surface area contributed by atoms with Gasteiger partial charge >= 0.3 is 0 Å². The van der Waals surface area contributed by atoms with Gasteiger partial charge in [-0.2, -0.15) is 0 Å². The molecule has 3 nitrogen and oxygen atoms in total. The number of ether oxygens (including phenoxy) is 1. The van der Waals surface area contributed by atoms with Crippen molar-refractivity contribution in [3.05, 3.63) is 29.8 Å². The maximum atomic E-state index is 12.0. The molecular weight excluding hydrogens is 226 g/mol. The number of benzene rings is 1. The highest BCUT2D eigenvalue weighted by Crippen LogP contribution is 2.20. The smallest absolute Gasteiger partial charge is 0.223 e. The number of hydrogen-bond donors (Lipinski definition) is 0. The number of carbonyl (C=O) groups is 1. The first-order chi connectivity index (χ1) is 8.31. The van der Waals surface area contributed by atoms with Crippen molar-refractivity contribution in [2.75, 3.05) is 14.2 Å². The Bertz CT molecular complexity index is 390. The minimum absolute atomic E-state index is 0.0330. The Kier molecular flexibility index (Phi) is 4.76. The third kappa shape index (κ3) is 4.78. The van der Waals surface area contributed by atoms with E-state index in [0.717, 1.165) is 11.3 Å². The number of carbonyl (C=O) groups excluding carboxylic acids is 1. The Morgan fingerprint density at radius 3 is 2.22 bits per heavy atom. The number of nitrogens with zero attached hydrogens (tertiary/aromatic N) is 1. The number of hydrogen-bond acceptors (Lipinski definition) is 2. The van der Waals surface area contributed by atoms with Gasteiger partial charge in [0.15, 0.2) is 0 Å². The van der Waals surface area contributed by atoms with Crippen LogP contribution < -0.4 is 4.74 Å². The zero-order valence-corrected chi connectivity index (χ0v) is 12.0. The molecule has 0 saturated carbocycles. The van der Waals surface area contributed by atoms with Crippen molar-refractivity contribution in [1.82, 2.24) is 4.90 Å². The topological polar surface area (TPSA) is 29.5 Å². The zero-order chi connectivity index (χ0) is 13.8. The summed E-state index contributed by atoms with van der Waals surface area (Å²) in [6.45, 7) is 6.86. The van der Waals surface area contributed by atoms with E-state index >= 15 is 0 Å². The van der Waals surface area contributed by atoms with Crippen LogP contribution in [0, 0.1) is 5.41 Å². The molecule has 1 aromatic carbocycles. The highest BCUT2D eigenvalue weighted by Gasteiger charge is 2.18. The van der Waals surface area contributed by atoms with Gasteiger partial charge in [-0.3, -0.25) is 4.79 Å². The molecule has 0 unspecified atom stereocenters. The maximum absolute atomic E-state index is 12.0. The minimum atomic E-state index is 0.0330. The molecule has 0 aromatic heterocycles. The summed E-state index contributed by atoms with van der Waals surface area (Å²) in [7, 11) is 3.49. The van der Waals surface area contributed by atoms with Crippen LogP contribution in [0.2, 0.25) is 0 Å². The average Bonchev–Trinajstić information content (AvgIpc) is 2.27. The summed E-state index contributed by atoms with van der Waals surface area (Å²) >= 11 is 0. The van der Waals surface area contributed by atoms with Crippen LogP contribution in [-0.2, 0) is 11.3 Å². The largest absolute Gasteiger partial charge is 0.497 e. The average molecular weight is 249 g/mol. The van der Waals surface area contributed by atoms with Crippen molar-refractivity contribution >= 4 is 5.91 Å². The van der Waals surface area contributed by atoms with E-state index in [1.807, 2.05) is 31.3 Å². The molecule has 100 valence electrons. The first-order valence-electron chi connectivity index (χ1n) is 6.19. The Balaban J connectivity index is 2.58. The summed E-state index contributed by atoms with van der Waals surface area (Å²) in [5.74, 6) is 1.01. The molecule has 18 heavy (non-hydrogen) atoms. The van der Waals surface area contributed by atoms with Crippen LogP contribution in [0.25, 0.3) is 0 Å². The van der Waals surface area contributed by atoms with E-state index in [0.29, 0.717) is 13.0 Å². The van der Waals surface area contributed by atoms with Crippen molar-refractivity contribution in [3.63, 3.8) is 0 Å². The van der Waals surface area contributed by atoms with Gasteiger partial charge in [0.1, 0.15) is 5.75 Å². The van der Waals surface area contributed by atoms with Gasteiger partial charge in [-0.15, -0.1) is 0 Å². The van der Waals surface area contributed by atoms with Crippen LogP contribution in [0.3, 0.4) is 0 Å². The lowest BCUT2D eigenvalue weighted by molar-refractivity contribution is -0.132. The molecule has 1 aromatic rings. The van der Waals surface area contributed by atoms with Gasteiger partial charge in [0, 0.05) is 20.0 Å². The Hall–Kier alpha value is -1.51. The van der Waals surface area contributed by atoms with Crippen molar-refractivity contribution in [2.45, 2.75) is 33.7 Å². The molecule has 0 fully saturated rings. The van der Waals surface area contributed by atoms with Crippen molar-refractivity contribution in [1.29, 1.82) is 0 Å². The summed E-state index contributed by atoms with van der Waals surface area (Å²) in [6.07, 6.45) is 0.569. The normalized spacial score (nSPS) is 11.2. The predicted molar refractivity (Wildman–Crippen MR) is 73.5 cm³/mol. The summed E-state index contributed by atoms with van der Waals surface area (Å²) < 4.78 is 5.11. The van der Waals surface area contributed by atoms with Crippen LogP contribution in [0.15, 0.2) is 24.3 Å². The molecule has 1 rings (SSSR count). The van der Waals surface area contributed by atoms with E-state index in [4.69, 9.17) is 4.74 Å². The second kappa shape index (κ2) is 5.89. The van der Waals surface area contributed by atoms with Gasteiger partial charge in [0.25, 0.3) is 0 Å². The molecule has 0 N–H and O–H groups in total. The van der Waals surface area contributed by atoms with Crippen LogP contribution in [0.1, 0.15) is 32.8 Å². The van der Waals surface area contributed by atoms with Gasteiger partial charge in [-0.25, -0.2) is 0 Å². The number of rotatable bonds is 4. The number of methoxy groups -OCH3 is 1. The van der Waals surface area contributed by atoms with Crippen LogP contribution in [0.4, 0.5) is 0 Å². The van der Waals surface area contributed by atoms with Gasteiger partial charge in [-0.05, 0) is 23.1 Å². The van der Waals surface area contributed by atoms with Crippen LogP contribution in [0.5, 0.6) is 5.75 Å².